The van der Waals surface area contributed by atoms with Crippen LogP contribution in [0.1, 0.15) is 35.3 Å². The molecule has 4 rings (SSSR count). The fourth-order valence-electron chi connectivity index (χ4n) is 4.14. The van der Waals surface area contributed by atoms with E-state index in [1.165, 1.54) is 17.8 Å². The first-order chi connectivity index (χ1) is 12.7. The molecule has 2 aliphatic rings. The molecule has 0 bridgehead atoms. The minimum atomic E-state index is -0.179. The van der Waals surface area contributed by atoms with Crippen LogP contribution in [0.5, 0.6) is 0 Å². The summed E-state index contributed by atoms with van der Waals surface area (Å²) < 4.78 is 15.3. The second-order valence-electron chi connectivity index (χ2n) is 7.30. The molecule has 1 saturated heterocycles. The smallest absolute Gasteiger partial charge is 0.164 e. The lowest BCUT2D eigenvalue weighted by Gasteiger charge is -2.36. The molecule has 1 fully saturated rings. The molecular formula is C21H26FN3O. The molecule has 5 heteroatoms. The first-order valence-electron chi connectivity index (χ1n) is 9.65. The third kappa shape index (κ3) is 3.68. The van der Waals surface area contributed by atoms with Crippen LogP contribution in [0.4, 0.5) is 10.1 Å². The van der Waals surface area contributed by atoms with Gasteiger partial charge in [-0.05, 0) is 56.1 Å². The Hall–Kier alpha value is -2.14. The molecule has 1 aromatic heterocycles. The molecule has 0 atom stereocenters. The highest BCUT2D eigenvalue weighted by atomic mass is 19.1. The molecule has 0 saturated carbocycles. The maximum Gasteiger partial charge on any atom is 0.164 e. The Bertz CT molecular complexity index is 760. The minimum absolute atomic E-state index is 0.179. The van der Waals surface area contributed by atoms with E-state index in [2.05, 4.69) is 20.6 Å². The van der Waals surface area contributed by atoms with Crippen molar-refractivity contribution in [1.82, 2.24) is 9.47 Å². The summed E-state index contributed by atoms with van der Waals surface area (Å²) in [5, 5.41) is 0. The average Bonchev–Trinajstić information content (AvgIpc) is 3.08. The Labute approximate surface area is 154 Å². The number of fused-ring (bicyclic) bond motifs is 1. The number of benzene rings is 1. The predicted octanol–water partition coefficient (Wildman–Crippen LogP) is 3.36. The Morgan fingerprint density at radius 3 is 2.46 bits per heavy atom. The first-order valence-corrected chi connectivity index (χ1v) is 9.65. The third-order valence-electron chi connectivity index (χ3n) is 5.63. The molecule has 4 nitrogen and oxygen atoms in total. The minimum Gasteiger partial charge on any atom is -0.369 e. The highest BCUT2D eigenvalue weighted by molar-refractivity contribution is 5.98. The molecule has 1 aromatic carbocycles. The predicted molar refractivity (Wildman–Crippen MR) is 101 cm³/mol. The normalized spacial score (nSPS) is 18.2. The number of aromatic nitrogens is 1. The molecule has 26 heavy (non-hydrogen) atoms. The van der Waals surface area contributed by atoms with Gasteiger partial charge in [0.25, 0.3) is 0 Å². The highest BCUT2D eigenvalue weighted by Gasteiger charge is 2.21. The summed E-state index contributed by atoms with van der Waals surface area (Å²) in [6.45, 7) is 6.12. The number of aryl methyl sites for hydroxylation is 1. The summed E-state index contributed by atoms with van der Waals surface area (Å²) in [4.78, 5) is 16.8. The van der Waals surface area contributed by atoms with Crippen molar-refractivity contribution in [2.45, 2.75) is 32.2 Å². The lowest BCUT2D eigenvalue weighted by molar-refractivity contribution is 0.0971. The maximum atomic E-state index is 13.1. The van der Waals surface area contributed by atoms with E-state index in [-0.39, 0.29) is 5.82 Å². The van der Waals surface area contributed by atoms with Crippen LogP contribution in [-0.4, -0.2) is 48.0 Å². The number of carbonyl (C=O) groups excluding carboxylic acids is 1. The van der Waals surface area contributed by atoms with Gasteiger partial charge in [0.05, 0.1) is 0 Å². The number of piperazine rings is 1. The highest BCUT2D eigenvalue weighted by Crippen LogP contribution is 2.23. The summed E-state index contributed by atoms with van der Waals surface area (Å²) in [5.74, 6) is 0.128. The van der Waals surface area contributed by atoms with Crippen molar-refractivity contribution in [3.05, 3.63) is 53.6 Å². The Balaban J connectivity index is 1.24. The van der Waals surface area contributed by atoms with Crippen molar-refractivity contribution >= 4 is 11.5 Å². The molecule has 2 heterocycles. The van der Waals surface area contributed by atoms with Gasteiger partial charge in [-0.2, -0.15) is 0 Å². The van der Waals surface area contributed by atoms with Crippen LogP contribution in [0.3, 0.4) is 0 Å². The van der Waals surface area contributed by atoms with Gasteiger partial charge in [-0.15, -0.1) is 0 Å². The van der Waals surface area contributed by atoms with Crippen LogP contribution < -0.4 is 4.90 Å². The maximum absolute atomic E-state index is 13.1. The van der Waals surface area contributed by atoms with Crippen molar-refractivity contribution in [2.24, 2.45) is 0 Å². The number of Topliss-reactive ketones (excluding diaryl/α,β-unsaturated/α-hetero) is 1. The van der Waals surface area contributed by atoms with Crippen molar-refractivity contribution < 1.29 is 9.18 Å². The fraction of sp³-hybridized carbons (Fsp3) is 0.476. The van der Waals surface area contributed by atoms with Crippen LogP contribution in [0, 0.1) is 5.82 Å². The Morgan fingerprint density at radius 2 is 1.69 bits per heavy atom. The van der Waals surface area contributed by atoms with Crippen molar-refractivity contribution in [2.75, 3.05) is 37.6 Å². The number of ketones is 1. The van der Waals surface area contributed by atoms with E-state index < -0.39 is 0 Å². The SMILES string of the molecule is O=C1CCCc2c1ccn2CCCN1CCN(c2ccc(F)cc2)CC1. The zero-order valence-electron chi connectivity index (χ0n) is 15.2. The molecule has 138 valence electrons. The van der Waals surface area contributed by atoms with Crippen LogP contribution in [0.15, 0.2) is 36.5 Å². The number of nitrogens with zero attached hydrogens (tertiary/aromatic N) is 3. The number of halogens is 1. The number of carbonyl (C=O) groups is 1. The van der Waals surface area contributed by atoms with Crippen LogP contribution in [-0.2, 0) is 13.0 Å². The van der Waals surface area contributed by atoms with Crippen molar-refractivity contribution in [3.63, 3.8) is 0 Å². The third-order valence-corrected chi connectivity index (χ3v) is 5.63. The van der Waals surface area contributed by atoms with Crippen molar-refractivity contribution in [1.29, 1.82) is 0 Å². The van der Waals surface area contributed by atoms with E-state index in [4.69, 9.17) is 0 Å². The molecule has 2 aromatic rings. The summed E-state index contributed by atoms with van der Waals surface area (Å²) >= 11 is 0. The van der Waals surface area contributed by atoms with E-state index in [9.17, 15) is 9.18 Å². The topological polar surface area (TPSA) is 28.5 Å². The summed E-state index contributed by atoms with van der Waals surface area (Å²) in [5.41, 5.74) is 3.29. The van der Waals surface area contributed by atoms with Crippen LogP contribution in [0.2, 0.25) is 0 Å². The summed E-state index contributed by atoms with van der Waals surface area (Å²) in [7, 11) is 0. The molecule has 0 radical (unpaired) electrons. The van der Waals surface area contributed by atoms with Gasteiger partial charge in [0.1, 0.15) is 5.82 Å². The largest absolute Gasteiger partial charge is 0.369 e. The van der Waals surface area contributed by atoms with Gasteiger partial charge in [0, 0.05) is 62.3 Å². The standard InChI is InChI=1S/C21H26FN3O/c22-17-5-7-18(8-6-17)24-15-13-23(14-16-24)10-2-11-25-12-9-19-20(25)3-1-4-21(19)26/h5-9,12H,1-4,10-11,13-16H2. The van der Waals surface area contributed by atoms with E-state index in [1.807, 2.05) is 18.2 Å². The quantitative estimate of drug-likeness (QED) is 0.823. The second-order valence-corrected chi connectivity index (χ2v) is 7.30. The molecule has 0 unspecified atom stereocenters. The first kappa shape index (κ1) is 17.3. The van der Waals surface area contributed by atoms with E-state index in [1.54, 1.807) is 0 Å². The van der Waals surface area contributed by atoms with Crippen LogP contribution in [0.25, 0.3) is 0 Å². The molecule has 0 amide bonds. The fourth-order valence-corrected chi connectivity index (χ4v) is 4.14. The molecular weight excluding hydrogens is 329 g/mol. The lowest BCUT2D eigenvalue weighted by atomic mass is 9.97. The molecule has 1 aliphatic heterocycles. The van der Waals surface area contributed by atoms with Gasteiger partial charge >= 0.3 is 0 Å². The van der Waals surface area contributed by atoms with Gasteiger partial charge < -0.3 is 9.47 Å². The number of anilines is 1. The second kappa shape index (κ2) is 7.62. The lowest BCUT2D eigenvalue weighted by Crippen LogP contribution is -2.46. The van der Waals surface area contributed by atoms with Gasteiger partial charge in [-0.1, -0.05) is 0 Å². The van der Waals surface area contributed by atoms with E-state index in [0.29, 0.717) is 12.2 Å². The van der Waals surface area contributed by atoms with Gasteiger partial charge in [-0.3, -0.25) is 9.69 Å². The van der Waals surface area contributed by atoms with E-state index in [0.717, 1.165) is 69.8 Å². The molecule has 0 spiro atoms. The van der Waals surface area contributed by atoms with Gasteiger partial charge in [0.2, 0.25) is 0 Å². The zero-order valence-corrected chi connectivity index (χ0v) is 15.2. The zero-order chi connectivity index (χ0) is 17.9. The van der Waals surface area contributed by atoms with Crippen molar-refractivity contribution in [3.8, 4) is 0 Å². The number of hydrogen-bond donors (Lipinski definition) is 0. The number of rotatable bonds is 5. The Kier molecular flexibility index (Phi) is 5.07. The molecule has 1 aliphatic carbocycles. The molecule has 0 N–H and O–H groups in total. The summed E-state index contributed by atoms with van der Waals surface area (Å²) in [6.07, 6.45) is 5.91. The average molecular weight is 355 g/mol. The van der Waals surface area contributed by atoms with Gasteiger partial charge in [-0.25, -0.2) is 4.39 Å². The number of hydrogen-bond acceptors (Lipinski definition) is 3. The van der Waals surface area contributed by atoms with E-state index >= 15 is 0 Å². The summed E-state index contributed by atoms with van der Waals surface area (Å²) in [6, 6.07) is 8.79. The Morgan fingerprint density at radius 1 is 0.923 bits per heavy atom. The van der Waals surface area contributed by atoms with Gasteiger partial charge in [0.15, 0.2) is 5.78 Å². The van der Waals surface area contributed by atoms with Crippen LogP contribution >= 0.6 is 0 Å². The monoisotopic (exact) mass is 355 g/mol.